The largest absolute Gasteiger partial charge is 0.493 e. The quantitative estimate of drug-likeness (QED) is 0.752. The lowest BCUT2D eigenvalue weighted by molar-refractivity contribution is -0.125. The first-order valence-corrected chi connectivity index (χ1v) is 11.1. The highest BCUT2D eigenvalue weighted by Crippen LogP contribution is 2.43. The van der Waals surface area contributed by atoms with Gasteiger partial charge in [0, 0.05) is 31.1 Å². The van der Waals surface area contributed by atoms with Crippen molar-refractivity contribution in [2.45, 2.75) is 38.1 Å². The first-order valence-electron chi connectivity index (χ1n) is 11.1. The molecule has 5 rings (SSSR count). The smallest absolute Gasteiger partial charge is 0.254 e. The Kier molecular flexibility index (Phi) is 5.19. The van der Waals surface area contributed by atoms with Crippen molar-refractivity contribution in [3.05, 3.63) is 65.2 Å². The van der Waals surface area contributed by atoms with Gasteiger partial charge in [0.05, 0.1) is 12.5 Å². The van der Waals surface area contributed by atoms with Gasteiger partial charge in [-0.1, -0.05) is 30.3 Å². The molecule has 156 valence electrons. The molecular weight excluding hydrogens is 376 g/mol. The van der Waals surface area contributed by atoms with Crippen molar-refractivity contribution in [2.75, 3.05) is 19.7 Å². The summed E-state index contributed by atoms with van der Waals surface area (Å²) in [6, 6.07) is 16.1. The first kappa shape index (κ1) is 19.2. The topological polar surface area (TPSA) is 58.6 Å². The van der Waals surface area contributed by atoms with E-state index >= 15 is 0 Å². The van der Waals surface area contributed by atoms with E-state index in [0.29, 0.717) is 25.3 Å². The molecule has 5 heteroatoms. The third kappa shape index (κ3) is 3.57. The molecule has 2 aliphatic heterocycles. The lowest BCUT2D eigenvalue weighted by atomic mass is 9.97. The maximum atomic E-state index is 13.2. The van der Waals surface area contributed by atoms with E-state index in [-0.39, 0.29) is 29.7 Å². The second kappa shape index (κ2) is 8.13. The summed E-state index contributed by atoms with van der Waals surface area (Å²) in [5, 5.41) is 3.14. The van der Waals surface area contributed by atoms with Crippen LogP contribution in [0.4, 0.5) is 0 Å². The number of nitrogens with zero attached hydrogens (tertiary/aromatic N) is 1. The van der Waals surface area contributed by atoms with Crippen LogP contribution in [0.25, 0.3) is 0 Å². The fourth-order valence-corrected chi connectivity index (χ4v) is 5.38. The second-order valence-corrected chi connectivity index (χ2v) is 8.69. The monoisotopic (exact) mass is 404 g/mol. The number of likely N-dealkylation sites (tertiary alicyclic amines) is 1. The predicted octanol–water partition coefficient (Wildman–Crippen LogP) is 3.22. The molecule has 0 aromatic heterocycles. The normalized spacial score (nSPS) is 23.9. The van der Waals surface area contributed by atoms with Crippen LogP contribution >= 0.6 is 0 Å². The van der Waals surface area contributed by atoms with Gasteiger partial charge >= 0.3 is 0 Å². The van der Waals surface area contributed by atoms with Crippen molar-refractivity contribution in [3.8, 4) is 5.75 Å². The number of nitrogens with one attached hydrogen (secondary N) is 1. The van der Waals surface area contributed by atoms with Gasteiger partial charge in [0.15, 0.2) is 0 Å². The summed E-state index contributed by atoms with van der Waals surface area (Å²) in [5.41, 5.74) is 3.12. The molecule has 2 aromatic rings. The molecule has 1 N–H and O–H groups in total. The molecule has 0 radical (unpaired) electrons. The highest BCUT2D eigenvalue weighted by Gasteiger charge is 2.51. The van der Waals surface area contributed by atoms with Crippen LogP contribution in [0.3, 0.4) is 0 Å². The van der Waals surface area contributed by atoms with E-state index in [1.807, 2.05) is 41.3 Å². The van der Waals surface area contributed by atoms with Crippen molar-refractivity contribution < 1.29 is 14.3 Å². The second-order valence-electron chi connectivity index (χ2n) is 8.69. The van der Waals surface area contributed by atoms with Crippen LogP contribution in [-0.4, -0.2) is 42.5 Å². The highest BCUT2D eigenvalue weighted by atomic mass is 16.5. The molecule has 0 unspecified atom stereocenters. The number of hydrogen-bond acceptors (Lipinski definition) is 3. The number of fused-ring (bicyclic) bond motifs is 3. The highest BCUT2D eigenvalue weighted by molar-refractivity contribution is 5.96. The third-order valence-electron chi connectivity index (χ3n) is 6.87. The lowest BCUT2D eigenvalue weighted by Gasteiger charge is -2.27. The van der Waals surface area contributed by atoms with Crippen molar-refractivity contribution in [3.63, 3.8) is 0 Å². The van der Waals surface area contributed by atoms with Gasteiger partial charge in [0.25, 0.3) is 5.91 Å². The summed E-state index contributed by atoms with van der Waals surface area (Å²) in [7, 11) is 0. The Hall–Kier alpha value is -2.82. The predicted molar refractivity (Wildman–Crippen MR) is 114 cm³/mol. The number of aryl methyl sites for hydroxylation is 1. The van der Waals surface area contributed by atoms with Gasteiger partial charge in [0.2, 0.25) is 5.91 Å². The Bertz CT molecular complexity index is 943. The minimum absolute atomic E-state index is 0.0288. The van der Waals surface area contributed by atoms with Crippen LogP contribution < -0.4 is 10.1 Å². The van der Waals surface area contributed by atoms with E-state index in [9.17, 15) is 9.59 Å². The van der Waals surface area contributed by atoms with Gasteiger partial charge in [-0.05, 0) is 60.9 Å². The van der Waals surface area contributed by atoms with Crippen molar-refractivity contribution >= 4 is 11.8 Å². The fraction of sp³-hybridized carbons (Fsp3) is 0.440. The molecule has 3 atom stereocenters. The lowest BCUT2D eigenvalue weighted by Crippen LogP contribution is -2.42. The van der Waals surface area contributed by atoms with Crippen LogP contribution in [0.1, 0.15) is 40.7 Å². The summed E-state index contributed by atoms with van der Waals surface area (Å²) in [4.78, 5) is 28.0. The zero-order valence-electron chi connectivity index (χ0n) is 17.2. The van der Waals surface area contributed by atoms with Gasteiger partial charge in [0.1, 0.15) is 5.75 Å². The average Bonchev–Trinajstić information content (AvgIpc) is 3.50. The number of carbonyl (C=O) groups is 2. The van der Waals surface area contributed by atoms with Gasteiger partial charge in [-0.3, -0.25) is 9.59 Å². The van der Waals surface area contributed by atoms with E-state index in [0.717, 1.165) is 43.4 Å². The third-order valence-corrected chi connectivity index (χ3v) is 6.87. The number of amides is 2. The number of rotatable bonds is 6. The minimum atomic E-state index is -0.0663. The van der Waals surface area contributed by atoms with Crippen LogP contribution in [0.15, 0.2) is 48.5 Å². The summed E-state index contributed by atoms with van der Waals surface area (Å²) in [5.74, 6) is 1.28. The molecule has 2 amide bonds. The molecule has 0 spiro atoms. The number of ether oxygens (including phenoxy) is 1. The van der Waals surface area contributed by atoms with Gasteiger partial charge in [-0.2, -0.15) is 0 Å². The van der Waals surface area contributed by atoms with Gasteiger partial charge < -0.3 is 15.0 Å². The van der Waals surface area contributed by atoms with Crippen molar-refractivity contribution in [1.82, 2.24) is 10.2 Å². The van der Waals surface area contributed by atoms with E-state index in [1.54, 1.807) is 0 Å². The number of piperidine rings is 1. The molecule has 2 heterocycles. The van der Waals surface area contributed by atoms with E-state index in [4.69, 9.17) is 4.74 Å². The molecular formula is C25H28N2O3. The molecule has 5 nitrogen and oxygen atoms in total. The van der Waals surface area contributed by atoms with E-state index in [1.165, 1.54) is 5.56 Å². The van der Waals surface area contributed by atoms with Crippen LogP contribution in [0.5, 0.6) is 5.75 Å². The summed E-state index contributed by atoms with van der Waals surface area (Å²) in [6.45, 7) is 2.07. The minimum Gasteiger partial charge on any atom is -0.493 e. The molecule has 30 heavy (non-hydrogen) atoms. The molecule has 1 saturated carbocycles. The standard InChI is InChI=1S/C25H28N2O3/c28-24(26-13-4-7-17-5-2-1-3-6-17)23-20-8-10-21(23)27(16-20)25(29)19-9-11-22-18(15-19)12-14-30-22/h1-3,5-6,9,11,15,20-21,23H,4,7-8,10,12-14,16H2,(H,26,28)/t20-,21-,23+/m0/s1. The number of benzene rings is 2. The van der Waals surface area contributed by atoms with E-state index in [2.05, 4.69) is 17.4 Å². The summed E-state index contributed by atoms with van der Waals surface area (Å²) >= 11 is 0. The molecule has 3 aliphatic rings. The maximum absolute atomic E-state index is 13.2. The maximum Gasteiger partial charge on any atom is 0.254 e. The Balaban J connectivity index is 1.18. The molecule has 2 fully saturated rings. The number of carbonyl (C=O) groups excluding carboxylic acids is 2. The van der Waals surface area contributed by atoms with Crippen LogP contribution in [0, 0.1) is 11.8 Å². The van der Waals surface area contributed by atoms with Crippen LogP contribution in [0.2, 0.25) is 0 Å². The van der Waals surface area contributed by atoms with E-state index < -0.39 is 0 Å². The first-order chi connectivity index (χ1) is 14.7. The Morgan fingerprint density at radius 1 is 1.10 bits per heavy atom. The Labute approximate surface area is 177 Å². The molecule has 2 aromatic carbocycles. The Morgan fingerprint density at radius 2 is 1.97 bits per heavy atom. The number of hydrogen-bond donors (Lipinski definition) is 1. The fourth-order valence-electron chi connectivity index (χ4n) is 5.38. The average molecular weight is 405 g/mol. The molecule has 2 bridgehead atoms. The molecule has 1 saturated heterocycles. The van der Waals surface area contributed by atoms with Crippen LogP contribution in [-0.2, 0) is 17.6 Å². The summed E-state index contributed by atoms with van der Waals surface area (Å²) < 4.78 is 5.55. The SMILES string of the molecule is O=C(NCCCc1ccccc1)[C@@H]1[C@H]2CC[C@@H]1N(C(=O)c1ccc3c(c1)CCO3)C2. The van der Waals surface area contributed by atoms with Crippen molar-refractivity contribution in [2.24, 2.45) is 11.8 Å². The van der Waals surface area contributed by atoms with Gasteiger partial charge in [-0.15, -0.1) is 0 Å². The zero-order valence-corrected chi connectivity index (χ0v) is 17.2. The van der Waals surface area contributed by atoms with Gasteiger partial charge in [-0.25, -0.2) is 0 Å². The van der Waals surface area contributed by atoms with Crippen molar-refractivity contribution in [1.29, 1.82) is 0 Å². The summed E-state index contributed by atoms with van der Waals surface area (Å²) in [6.07, 6.45) is 4.71. The Morgan fingerprint density at radius 3 is 2.83 bits per heavy atom. The zero-order chi connectivity index (χ0) is 20.5. The molecule has 1 aliphatic carbocycles.